The lowest BCUT2D eigenvalue weighted by molar-refractivity contribution is 0.557. The summed E-state index contributed by atoms with van der Waals surface area (Å²) in [5.41, 5.74) is 3.24. The van der Waals surface area contributed by atoms with Crippen molar-refractivity contribution in [3.05, 3.63) is 29.0 Å². The largest absolute Gasteiger partial charge is 0.367 e. The third kappa shape index (κ3) is 2.66. The van der Waals surface area contributed by atoms with Crippen LogP contribution < -0.4 is 4.90 Å². The maximum absolute atomic E-state index is 4.60. The Morgan fingerprint density at radius 1 is 1.30 bits per heavy atom. The lowest BCUT2D eigenvalue weighted by Gasteiger charge is -2.31. The van der Waals surface area contributed by atoms with E-state index < -0.39 is 0 Å². The average Bonchev–Trinajstić information content (AvgIpc) is 2.71. The summed E-state index contributed by atoms with van der Waals surface area (Å²) in [7, 11) is 0. The van der Waals surface area contributed by atoms with Crippen molar-refractivity contribution in [3.8, 4) is 0 Å². The predicted octanol–water partition coefficient (Wildman–Crippen LogP) is 4.55. The molecule has 0 amide bonds. The molecule has 3 nitrogen and oxygen atoms in total. The van der Waals surface area contributed by atoms with Gasteiger partial charge in [0.25, 0.3) is 0 Å². The number of pyridine rings is 2. The first-order valence-electron chi connectivity index (χ1n) is 7.46. The molecule has 0 saturated carbocycles. The van der Waals surface area contributed by atoms with Crippen molar-refractivity contribution in [2.75, 3.05) is 11.4 Å². The van der Waals surface area contributed by atoms with Gasteiger partial charge in [0.1, 0.15) is 5.52 Å². The minimum Gasteiger partial charge on any atom is -0.367 e. The van der Waals surface area contributed by atoms with Crippen molar-refractivity contribution in [1.82, 2.24) is 9.97 Å². The van der Waals surface area contributed by atoms with Gasteiger partial charge in [-0.05, 0) is 47.3 Å². The van der Waals surface area contributed by atoms with E-state index in [-0.39, 0.29) is 0 Å². The van der Waals surface area contributed by atoms with Crippen LogP contribution in [0.1, 0.15) is 39.0 Å². The first-order valence-corrected chi connectivity index (χ1v) is 8.26. The molecule has 3 rings (SSSR count). The summed E-state index contributed by atoms with van der Waals surface area (Å²) >= 11 is 3.47. The van der Waals surface area contributed by atoms with Crippen LogP contribution >= 0.6 is 15.9 Å². The van der Waals surface area contributed by atoms with Gasteiger partial charge in [0.15, 0.2) is 0 Å². The van der Waals surface area contributed by atoms with Crippen LogP contribution in [0.2, 0.25) is 0 Å². The molecule has 2 aromatic heterocycles. The van der Waals surface area contributed by atoms with Gasteiger partial charge in [0.05, 0.1) is 11.2 Å². The molecular weight excluding hydrogens is 314 g/mol. The Morgan fingerprint density at radius 2 is 2.20 bits per heavy atom. The van der Waals surface area contributed by atoms with Crippen molar-refractivity contribution >= 4 is 32.7 Å². The van der Waals surface area contributed by atoms with Gasteiger partial charge in [-0.2, -0.15) is 0 Å². The fourth-order valence-electron chi connectivity index (χ4n) is 3.14. The zero-order valence-electron chi connectivity index (χ0n) is 11.8. The Bertz CT molecular complexity index is 599. The molecule has 1 unspecified atom stereocenters. The molecule has 0 N–H and O–H groups in total. The zero-order chi connectivity index (χ0) is 13.9. The van der Waals surface area contributed by atoms with E-state index in [1.165, 1.54) is 37.8 Å². The van der Waals surface area contributed by atoms with Crippen LogP contribution in [0.4, 0.5) is 5.69 Å². The van der Waals surface area contributed by atoms with Crippen molar-refractivity contribution in [3.63, 3.8) is 0 Å². The maximum Gasteiger partial charge on any atom is 0.112 e. The summed E-state index contributed by atoms with van der Waals surface area (Å²) in [6.07, 6.45) is 10.2. The van der Waals surface area contributed by atoms with Crippen LogP contribution in [0, 0.1) is 0 Å². The SMILES string of the molecule is CCC1CCCCCN1c1ccnc2cc(Br)cnc12. The van der Waals surface area contributed by atoms with E-state index in [0.717, 1.165) is 22.1 Å². The van der Waals surface area contributed by atoms with E-state index in [2.05, 4.69) is 43.8 Å². The molecule has 1 atom stereocenters. The topological polar surface area (TPSA) is 29.0 Å². The highest BCUT2D eigenvalue weighted by Gasteiger charge is 2.21. The first kappa shape index (κ1) is 13.8. The van der Waals surface area contributed by atoms with Crippen LogP contribution in [-0.4, -0.2) is 22.6 Å². The molecule has 1 aliphatic rings. The number of hydrogen-bond acceptors (Lipinski definition) is 3. The van der Waals surface area contributed by atoms with Crippen LogP contribution in [0.5, 0.6) is 0 Å². The van der Waals surface area contributed by atoms with Crippen molar-refractivity contribution in [2.24, 2.45) is 0 Å². The molecule has 3 heterocycles. The number of anilines is 1. The highest BCUT2D eigenvalue weighted by Crippen LogP contribution is 2.30. The number of fused-ring (bicyclic) bond motifs is 1. The molecule has 1 fully saturated rings. The fraction of sp³-hybridized carbons (Fsp3) is 0.500. The van der Waals surface area contributed by atoms with Gasteiger partial charge in [-0.15, -0.1) is 0 Å². The van der Waals surface area contributed by atoms with Gasteiger partial charge < -0.3 is 4.90 Å². The van der Waals surface area contributed by atoms with Crippen molar-refractivity contribution in [1.29, 1.82) is 0 Å². The molecular formula is C16H20BrN3. The number of nitrogens with zero attached hydrogens (tertiary/aromatic N) is 3. The van der Waals surface area contributed by atoms with Gasteiger partial charge in [0, 0.05) is 29.5 Å². The molecule has 1 aliphatic heterocycles. The molecule has 0 radical (unpaired) electrons. The minimum absolute atomic E-state index is 0.633. The Morgan fingerprint density at radius 3 is 3.05 bits per heavy atom. The van der Waals surface area contributed by atoms with E-state index in [1.807, 2.05) is 18.5 Å². The van der Waals surface area contributed by atoms with Crippen molar-refractivity contribution < 1.29 is 0 Å². The van der Waals surface area contributed by atoms with Gasteiger partial charge >= 0.3 is 0 Å². The molecule has 0 bridgehead atoms. The van der Waals surface area contributed by atoms with Gasteiger partial charge in [-0.25, -0.2) is 0 Å². The van der Waals surface area contributed by atoms with E-state index in [4.69, 9.17) is 0 Å². The second-order valence-electron chi connectivity index (χ2n) is 5.46. The van der Waals surface area contributed by atoms with E-state index in [0.29, 0.717) is 6.04 Å². The van der Waals surface area contributed by atoms with E-state index >= 15 is 0 Å². The molecule has 2 aromatic rings. The third-order valence-electron chi connectivity index (χ3n) is 4.18. The molecule has 20 heavy (non-hydrogen) atoms. The third-order valence-corrected chi connectivity index (χ3v) is 4.61. The van der Waals surface area contributed by atoms with Gasteiger partial charge in [-0.1, -0.05) is 19.8 Å². The highest BCUT2D eigenvalue weighted by atomic mass is 79.9. The summed E-state index contributed by atoms with van der Waals surface area (Å²) < 4.78 is 0.984. The molecule has 1 saturated heterocycles. The second-order valence-corrected chi connectivity index (χ2v) is 6.37. The summed E-state index contributed by atoms with van der Waals surface area (Å²) in [6, 6.07) is 4.80. The smallest absolute Gasteiger partial charge is 0.112 e. The number of aromatic nitrogens is 2. The lowest BCUT2D eigenvalue weighted by Crippen LogP contribution is -2.34. The van der Waals surface area contributed by atoms with Gasteiger partial charge in [0.2, 0.25) is 0 Å². The molecule has 0 aromatic carbocycles. The number of hydrogen-bond donors (Lipinski definition) is 0. The minimum atomic E-state index is 0.633. The van der Waals surface area contributed by atoms with Gasteiger partial charge in [-0.3, -0.25) is 9.97 Å². The van der Waals surface area contributed by atoms with Crippen molar-refractivity contribution in [2.45, 2.75) is 45.1 Å². The van der Waals surface area contributed by atoms with Crippen LogP contribution in [0.15, 0.2) is 29.0 Å². The summed E-state index contributed by atoms with van der Waals surface area (Å²) in [6.45, 7) is 3.42. The normalized spacial score (nSPS) is 20.1. The van der Waals surface area contributed by atoms with E-state index in [1.54, 1.807) is 0 Å². The van der Waals surface area contributed by atoms with Crippen LogP contribution in [0.25, 0.3) is 11.0 Å². The summed E-state index contributed by atoms with van der Waals surface area (Å²) in [5.74, 6) is 0. The Labute approximate surface area is 128 Å². The Hall–Kier alpha value is -1.16. The Balaban J connectivity index is 2.07. The maximum atomic E-state index is 4.60. The summed E-state index contributed by atoms with van der Waals surface area (Å²) in [4.78, 5) is 11.6. The monoisotopic (exact) mass is 333 g/mol. The van der Waals surface area contributed by atoms with Crippen LogP contribution in [-0.2, 0) is 0 Å². The zero-order valence-corrected chi connectivity index (χ0v) is 13.4. The number of halogens is 1. The number of rotatable bonds is 2. The highest BCUT2D eigenvalue weighted by molar-refractivity contribution is 9.10. The Kier molecular flexibility index (Phi) is 4.20. The molecule has 4 heteroatoms. The van der Waals surface area contributed by atoms with Crippen LogP contribution in [0.3, 0.4) is 0 Å². The second kappa shape index (κ2) is 6.08. The predicted molar refractivity (Wildman–Crippen MR) is 87.1 cm³/mol. The summed E-state index contributed by atoms with van der Waals surface area (Å²) in [5, 5.41) is 0. The average molecular weight is 334 g/mol. The molecule has 0 aliphatic carbocycles. The fourth-order valence-corrected chi connectivity index (χ4v) is 3.46. The first-order chi connectivity index (χ1) is 9.79. The molecule has 106 valence electrons. The lowest BCUT2D eigenvalue weighted by atomic mass is 10.1. The molecule has 0 spiro atoms. The van der Waals surface area contributed by atoms with E-state index in [9.17, 15) is 0 Å². The quantitative estimate of drug-likeness (QED) is 0.807. The standard InChI is InChI=1S/C16H20BrN3/c1-2-13-6-4-3-5-9-20(13)15-7-8-18-14-10-12(17)11-19-16(14)15/h7-8,10-11,13H,2-6,9H2,1H3.